The molecule has 2 aliphatic carbocycles. The summed E-state index contributed by atoms with van der Waals surface area (Å²) in [7, 11) is 0. The van der Waals surface area contributed by atoms with Crippen LogP contribution in [0.3, 0.4) is 0 Å². The molecule has 2 amide bonds. The highest BCUT2D eigenvalue weighted by atomic mass is 16.2. The molecule has 3 aliphatic rings. The predicted octanol–water partition coefficient (Wildman–Crippen LogP) is 5.10. The number of hydrogen-bond acceptors (Lipinski definition) is 3. The molecular formula is C28H40N2O3. The van der Waals surface area contributed by atoms with Crippen molar-refractivity contribution in [3.63, 3.8) is 0 Å². The lowest BCUT2D eigenvalue weighted by molar-refractivity contribution is -0.132. The zero-order chi connectivity index (χ0) is 23.4. The molecule has 1 aromatic carbocycles. The molecule has 4 rings (SSSR count). The van der Waals surface area contributed by atoms with Crippen LogP contribution < -0.4 is 5.32 Å². The van der Waals surface area contributed by atoms with Gasteiger partial charge in [-0.3, -0.25) is 14.4 Å². The number of carbonyl (C=O) groups is 3. The average molecular weight is 453 g/mol. The van der Waals surface area contributed by atoms with Crippen LogP contribution in [0.15, 0.2) is 24.3 Å². The summed E-state index contributed by atoms with van der Waals surface area (Å²) in [5.74, 6) is 1.30. The van der Waals surface area contributed by atoms with Crippen molar-refractivity contribution in [2.75, 3.05) is 13.1 Å². The molecule has 2 atom stereocenters. The molecule has 0 spiro atoms. The minimum absolute atomic E-state index is 0.0926. The highest BCUT2D eigenvalue weighted by Crippen LogP contribution is 2.34. The fourth-order valence-electron chi connectivity index (χ4n) is 5.58. The Hall–Kier alpha value is -2.17. The number of ketones is 1. The normalized spacial score (nSPS) is 22.8. The highest BCUT2D eigenvalue weighted by Gasteiger charge is 2.33. The smallest absolute Gasteiger partial charge is 0.251 e. The van der Waals surface area contributed by atoms with Gasteiger partial charge in [-0.05, 0) is 68.1 Å². The number of amides is 2. The van der Waals surface area contributed by atoms with Crippen molar-refractivity contribution in [1.29, 1.82) is 0 Å². The summed E-state index contributed by atoms with van der Waals surface area (Å²) in [5, 5.41) is 3.12. The van der Waals surface area contributed by atoms with E-state index in [9.17, 15) is 14.4 Å². The lowest BCUT2D eigenvalue weighted by atomic mass is 9.80. The highest BCUT2D eigenvalue weighted by molar-refractivity contribution is 5.98. The molecular weight excluding hydrogens is 412 g/mol. The number of piperidine rings is 1. The Morgan fingerprint density at radius 2 is 1.76 bits per heavy atom. The van der Waals surface area contributed by atoms with Gasteiger partial charge in [0.05, 0.1) is 6.04 Å². The first-order valence-corrected chi connectivity index (χ1v) is 13.1. The van der Waals surface area contributed by atoms with E-state index in [1.807, 2.05) is 36.9 Å². The molecule has 1 N–H and O–H groups in total. The number of nitrogens with zero attached hydrogens (tertiary/aromatic N) is 1. The second-order valence-electron chi connectivity index (χ2n) is 10.9. The van der Waals surface area contributed by atoms with E-state index in [-0.39, 0.29) is 29.4 Å². The first-order chi connectivity index (χ1) is 15.9. The Kier molecular flexibility index (Phi) is 7.87. The van der Waals surface area contributed by atoms with Gasteiger partial charge in [0.1, 0.15) is 0 Å². The van der Waals surface area contributed by atoms with Crippen LogP contribution in [-0.2, 0) is 9.59 Å². The molecule has 1 aromatic rings. The van der Waals surface area contributed by atoms with Crippen LogP contribution in [0.5, 0.6) is 0 Å². The standard InChI is InChI=1S/C28H40N2O3/c1-19(2)27(32)26(21-8-4-3-5-9-21)29-28(33)23-11-6-10-22(17-23)24-12-7-15-30(18-24)25(31)16-20-13-14-20/h6,10-11,17,19-21,24,26H,3-5,7-9,12-16,18H2,1-2H3,(H,29,33)/t24?,26-/m1/s1. The number of hydrogen-bond donors (Lipinski definition) is 1. The van der Waals surface area contributed by atoms with Crippen molar-refractivity contribution < 1.29 is 14.4 Å². The van der Waals surface area contributed by atoms with Crippen LogP contribution in [0.2, 0.25) is 0 Å². The fourth-order valence-corrected chi connectivity index (χ4v) is 5.58. The first-order valence-electron chi connectivity index (χ1n) is 13.1. The SMILES string of the molecule is CC(C)C(=O)[C@H](NC(=O)c1cccc(C2CCCN(C(=O)CC3CC3)C2)c1)C1CCCCC1. The summed E-state index contributed by atoms with van der Waals surface area (Å²) in [6, 6.07) is 7.44. The van der Waals surface area contributed by atoms with Crippen LogP contribution >= 0.6 is 0 Å². The molecule has 2 saturated carbocycles. The van der Waals surface area contributed by atoms with E-state index < -0.39 is 6.04 Å². The number of benzene rings is 1. The van der Waals surface area contributed by atoms with Crippen molar-refractivity contribution >= 4 is 17.6 Å². The second-order valence-corrected chi connectivity index (χ2v) is 10.9. The lowest BCUT2D eigenvalue weighted by Gasteiger charge is -2.33. The summed E-state index contributed by atoms with van der Waals surface area (Å²) >= 11 is 0. The third kappa shape index (κ3) is 6.24. The predicted molar refractivity (Wildman–Crippen MR) is 130 cm³/mol. The Bertz CT molecular complexity index is 854. The second kappa shape index (κ2) is 10.8. The zero-order valence-corrected chi connectivity index (χ0v) is 20.4. The molecule has 5 heteroatoms. The molecule has 5 nitrogen and oxygen atoms in total. The minimum atomic E-state index is -0.397. The third-order valence-corrected chi connectivity index (χ3v) is 7.84. The maximum absolute atomic E-state index is 13.2. The Morgan fingerprint density at radius 1 is 1.00 bits per heavy atom. The Labute approximate surface area is 198 Å². The topological polar surface area (TPSA) is 66.5 Å². The minimum Gasteiger partial charge on any atom is -0.342 e. The van der Waals surface area contributed by atoms with Gasteiger partial charge in [-0.1, -0.05) is 45.2 Å². The van der Waals surface area contributed by atoms with Crippen LogP contribution in [0, 0.1) is 17.8 Å². The zero-order valence-electron chi connectivity index (χ0n) is 20.4. The van der Waals surface area contributed by atoms with E-state index in [0.717, 1.165) is 57.2 Å². The van der Waals surface area contributed by atoms with Gasteiger partial charge in [-0.15, -0.1) is 0 Å². The van der Waals surface area contributed by atoms with E-state index in [4.69, 9.17) is 0 Å². The monoisotopic (exact) mass is 452 g/mol. The average Bonchev–Trinajstić information content (AvgIpc) is 3.66. The first kappa shape index (κ1) is 24.0. The van der Waals surface area contributed by atoms with Crippen molar-refractivity contribution in [2.45, 2.75) is 90.0 Å². The van der Waals surface area contributed by atoms with Gasteiger partial charge in [-0.25, -0.2) is 0 Å². The van der Waals surface area contributed by atoms with Crippen LogP contribution in [0.25, 0.3) is 0 Å². The van der Waals surface area contributed by atoms with E-state index >= 15 is 0 Å². The van der Waals surface area contributed by atoms with Gasteiger partial charge in [0.25, 0.3) is 5.91 Å². The van der Waals surface area contributed by atoms with Crippen molar-refractivity contribution in [2.24, 2.45) is 17.8 Å². The van der Waals surface area contributed by atoms with E-state index in [2.05, 4.69) is 11.4 Å². The van der Waals surface area contributed by atoms with E-state index in [1.165, 1.54) is 19.3 Å². The number of likely N-dealkylation sites (tertiary alicyclic amines) is 1. The summed E-state index contributed by atoms with van der Waals surface area (Å²) < 4.78 is 0. The molecule has 0 bridgehead atoms. The van der Waals surface area contributed by atoms with Crippen molar-refractivity contribution in [1.82, 2.24) is 10.2 Å². The summed E-state index contributed by atoms with van der Waals surface area (Å²) in [6.07, 6.45) is 10.6. The maximum atomic E-state index is 13.2. The van der Waals surface area contributed by atoms with Crippen molar-refractivity contribution in [3.8, 4) is 0 Å². The van der Waals surface area contributed by atoms with E-state index in [1.54, 1.807) is 0 Å². The van der Waals surface area contributed by atoms with Gasteiger partial charge in [0, 0.05) is 36.9 Å². The van der Waals surface area contributed by atoms with Gasteiger partial charge in [0.15, 0.2) is 5.78 Å². The summed E-state index contributed by atoms with van der Waals surface area (Å²) in [6.45, 7) is 5.43. The molecule has 180 valence electrons. The summed E-state index contributed by atoms with van der Waals surface area (Å²) in [5.41, 5.74) is 1.74. The van der Waals surface area contributed by atoms with Crippen LogP contribution in [0.4, 0.5) is 0 Å². The Morgan fingerprint density at radius 3 is 2.45 bits per heavy atom. The van der Waals surface area contributed by atoms with Crippen LogP contribution in [0.1, 0.15) is 99.9 Å². The van der Waals surface area contributed by atoms with Crippen LogP contribution in [-0.4, -0.2) is 41.6 Å². The largest absolute Gasteiger partial charge is 0.342 e. The molecule has 1 saturated heterocycles. The maximum Gasteiger partial charge on any atom is 0.251 e. The Balaban J connectivity index is 1.43. The van der Waals surface area contributed by atoms with Gasteiger partial charge < -0.3 is 10.2 Å². The number of carbonyl (C=O) groups excluding carboxylic acids is 3. The van der Waals surface area contributed by atoms with E-state index in [0.29, 0.717) is 23.8 Å². The molecule has 1 aliphatic heterocycles. The summed E-state index contributed by atoms with van der Waals surface area (Å²) in [4.78, 5) is 40.8. The number of nitrogens with one attached hydrogen (secondary N) is 1. The van der Waals surface area contributed by atoms with Gasteiger partial charge >= 0.3 is 0 Å². The van der Waals surface area contributed by atoms with Gasteiger partial charge in [-0.2, -0.15) is 0 Å². The lowest BCUT2D eigenvalue weighted by Crippen LogP contribution is -2.48. The molecule has 1 heterocycles. The number of rotatable bonds is 8. The molecule has 0 aromatic heterocycles. The quantitative estimate of drug-likeness (QED) is 0.597. The molecule has 33 heavy (non-hydrogen) atoms. The molecule has 3 fully saturated rings. The van der Waals surface area contributed by atoms with Gasteiger partial charge in [0.2, 0.25) is 5.91 Å². The number of Topliss-reactive ketones (excluding diaryl/α,β-unsaturated/α-hetero) is 1. The molecule has 1 unspecified atom stereocenters. The third-order valence-electron chi connectivity index (χ3n) is 7.84. The molecule has 0 radical (unpaired) electrons. The fraction of sp³-hybridized carbons (Fsp3) is 0.679. The van der Waals surface area contributed by atoms with Crippen molar-refractivity contribution in [3.05, 3.63) is 35.4 Å².